The van der Waals surface area contributed by atoms with E-state index in [9.17, 15) is 9.59 Å². The molecule has 0 unspecified atom stereocenters. The number of amides is 1. The molecular formula is C12H16N2O3S. The quantitative estimate of drug-likeness (QED) is 0.464. The highest BCUT2D eigenvalue weighted by atomic mass is 32.2. The number of hydrogen-bond donors (Lipinski definition) is 2. The highest BCUT2D eigenvalue weighted by Crippen LogP contribution is 2.17. The molecule has 1 aromatic carbocycles. The lowest BCUT2D eigenvalue weighted by Gasteiger charge is -2.07. The first-order chi connectivity index (χ1) is 8.63. The van der Waals surface area contributed by atoms with E-state index in [0.717, 1.165) is 0 Å². The van der Waals surface area contributed by atoms with Gasteiger partial charge in [-0.25, -0.2) is 0 Å². The summed E-state index contributed by atoms with van der Waals surface area (Å²) in [6.07, 6.45) is 0.307. The molecule has 6 heteroatoms. The van der Waals surface area contributed by atoms with Gasteiger partial charge in [0.15, 0.2) is 0 Å². The fourth-order valence-corrected chi connectivity index (χ4v) is 1.93. The van der Waals surface area contributed by atoms with Crippen molar-refractivity contribution in [3.8, 4) is 0 Å². The Balaban J connectivity index is 2.26. The molecule has 0 aliphatic carbocycles. The number of carbonyl (C=O) groups excluding carboxylic acids is 2. The Morgan fingerprint density at radius 2 is 2.11 bits per heavy atom. The minimum absolute atomic E-state index is 0.136. The van der Waals surface area contributed by atoms with Gasteiger partial charge < -0.3 is 15.8 Å². The van der Waals surface area contributed by atoms with Gasteiger partial charge in [0, 0.05) is 5.75 Å². The number of carbonyl (C=O) groups is 2. The van der Waals surface area contributed by atoms with Crippen LogP contribution in [0.5, 0.6) is 0 Å². The van der Waals surface area contributed by atoms with Gasteiger partial charge >= 0.3 is 5.97 Å². The zero-order valence-electron chi connectivity index (χ0n) is 10.1. The van der Waals surface area contributed by atoms with Crippen LogP contribution < -0.4 is 11.1 Å². The maximum atomic E-state index is 11.6. The van der Waals surface area contributed by atoms with Crippen molar-refractivity contribution in [3.05, 3.63) is 24.3 Å². The molecule has 0 bridgehead atoms. The van der Waals surface area contributed by atoms with Gasteiger partial charge in [-0.05, 0) is 12.1 Å². The second-order valence-electron chi connectivity index (χ2n) is 3.51. The van der Waals surface area contributed by atoms with Crippen molar-refractivity contribution in [1.82, 2.24) is 0 Å². The second-order valence-corrected chi connectivity index (χ2v) is 4.62. The number of nitrogen functional groups attached to an aromatic ring is 1. The van der Waals surface area contributed by atoms with Crippen LogP contribution in [0.15, 0.2) is 24.3 Å². The van der Waals surface area contributed by atoms with Crippen LogP contribution in [-0.2, 0) is 14.3 Å². The summed E-state index contributed by atoms with van der Waals surface area (Å²) in [6.45, 7) is 0. The normalized spacial score (nSPS) is 9.83. The maximum Gasteiger partial charge on any atom is 0.306 e. The minimum atomic E-state index is -0.268. The molecule has 0 heterocycles. The van der Waals surface area contributed by atoms with E-state index in [0.29, 0.717) is 23.5 Å². The average Bonchev–Trinajstić information content (AvgIpc) is 2.37. The van der Waals surface area contributed by atoms with Gasteiger partial charge in [0.25, 0.3) is 0 Å². The Morgan fingerprint density at radius 1 is 1.39 bits per heavy atom. The first-order valence-electron chi connectivity index (χ1n) is 5.42. The summed E-state index contributed by atoms with van der Waals surface area (Å²) >= 11 is 1.38. The fourth-order valence-electron chi connectivity index (χ4n) is 1.22. The standard InChI is InChI=1S/C12H16N2O3S/c1-17-12(16)6-7-18-8-11(15)14-10-5-3-2-4-9(10)13/h2-5H,6-8,13H2,1H3,(H,14,15). The lowest BCUT2D eigenvalue weighted by atomic mass is 10.3. The topological polar surface area (TPSA) is 81.4 Å². The van der Waals surface area contributed by atoms with Crippen LogP contribution in [0.3, 0.4) is 0 Å². The number of nitrogens with two attached hydrogens (primary N) is 1. The number of ether oxygens (including phenoxy) is 1. The van der Waals surface area contributed by atoms with Gasteiger partial charge in [0.05, 0.1) is 30.7 Å². The highest BCUT2D eigenvalue weighted by molar-refractivity contribution is 7.99. The minimum Gasteiger partial charge on any atom is -0.469 e. The lowest BCUT2D eigenvalue weighted by molar-refractivity contribution is -0.140. The van der Waals surface area contributed by atoms with Gasteiger partial charge in [-0.2, -0.15) is 11.8 Å². The molecule has 1 amide bonds. The largest absolute Gasteiger partial charge is 0.469 e. The molecule has 0 spiro atoms. The molecule has 0 atom stereocenters. The van der Waals surface area contributed by atoms with E-state index in [2.05, 4.69) is 10.1 Å². The predicted molar refractivity (Wildman–Crippen MR) is 73.4 cm³/mol. The third-order valence-corrected chi connectivity index (χ3v) is 3.11. The average molecular weight is 268 g/mol. The van der Waals surface area contributed by atoms with E-state index < -0.39 is 0 Å². The summed E-state index contributed by atoms with van der Waals surface area (Å²) in [6, 6.07) is 7.07. The summed E-state index contributed by atoms with van der Waals surface area (Å²) in [5.74, 6) is 0.438. The van der Waals surface area contributed by atoms with E-state index in [4.69, 9.17) is 5.73 Å². The third-order valence-electron chi connectivity index (χ3n) is 2.15. The number of thioether (sulfide) groups is 1. The Kier molecular flexibility index (Phi) is 6.07. The number of para-hydroxylation sites is 2. The van der Waals surface area contributed by atoms with Gasteiger partial charge in [0.1, 0.15) is 0 Å². The monoisotopic (exact) mass is 268 g/mol. The van der Waals surface area contributed by atoms with Gasteiger partial charge in [-0.1, -0.05) is 12.1 Å². The Hall–Kier alpha value is -1.69. The van der Waals surface area contributed by atoms with Crippen molar-refractivity contribution in [1.29, 1.82) is 0 Å². The molecule has 98 valence electrons. The molecule has 18 heavy (non-hydrogen) atoms. The van der Waals surface area contributed by atoms with Crippen LogP contribution in [0.2, 0.25) is 0 Å². The molecule has 0 aliphatic heterocycles. The number of hydrogen-bond acceptors (Lipinski definition) is 5. The maximum absolute atomic E-state index is 11.6. The molecule has 0 aromatic heterocycles. The third kappa shape index (κ3) is 5.09. The van der Waals surface area contributed by atoms with Crippen molar-refractivity contribution in [3.63, 3.8) is 0 Å². The van der Waals surface area contributed by atoms with E-state index in [-0.39, 0.29) is 17.6 Å². The van der Waals surface area contributed by atoms with Crippen LogP contribution in [0, 0.1) is 0 Å². The van der Waals surface area contributed by atoms with E-state index in [1.165, 1.54) is 18.9 Å². The Morgan fingerprint density at radius 3 is 2.78 bits per heavy atom. The zero-order valence-corrected chi connectivity index (χ0v) is 11.0. The van der Waals surface area contributed by atoms with E-state index >= 15 is 0 Å². The summed E-state index contributed by atoms with van der Waals surface area (Å²) in [5.41, 5.74) is 6.84. The fraction of sp³-hybridized carbons (Fsp3) is 0.333. The number of nitrogens with one attached hydrogen (secondary N) is 1. The van der Waals surface area contributed by atoms with Gasteiger partial charge in [-0.3, -0.25) is 9.59 Å². The van der Waals surface area contributed by atoms with E-state index in [1.54, 1.807) is 24.3 Å². The predicted octanol–water partition coefficient (Wildman–Crippen LogP) is 1.50. The van der Waals surface area contributed by atoms with Crippen molar-refractivity contribution in [2.75, 3.05) is 29.7 Å². The summed E-state index contributed by atoms with van der Waals surface area (Å²) in [4.78, 5) is 22.4. The number of benzene rings is 1. The lowest BCUT2D eigenvalue weighted by Crippen LogP contribution is -2.15. The van der Waals surface area contributed by atoms with Crippen LogP contribution in [0.4, 0.5) is 11.4 Å². The van der Waals surface area contributed by atoms with Crippen LogP contribution >= 0.6 is 11.8 Å². The molecule has 0 saturated heterocycles. The number of esters is 1. The van der Waals surface area contributed by atoms with Gasteiger partial charge in [-0.15, -0.1) is 0 Å². The van der Waals surface area contributed by atoms with Crippen LogP contribution in [-0.4, -0.2) is 30.5 Å². The number of anilines is 2. The molecule has 0 saturated carbocycles. The van der Waals surface area contributed by atoms with Crippen molar-refractivity contribution in [2.24, 2.45) is 0 Å². The second kappa shape index (κ2) is 7.60. The zero-order chi connectivity index (χ0) is 13.4. The first-order valence-corrected chi connectivity index (χ1v) is 6.58. The SMILES string of the molecule is COC(=O)CCSCC(=O)Nc1ccccc1N. The van der Waals surface area contributed by atoms with E-state index in [1.807, 2.05) is 0 Å². The molecule has 3 N–H and O–H groups in total. The molecule has 5 nitrogen and oxygen atoms in total. The van der Waals surface area contributed by atoms with Crippen LogP contribution in [0.25, 0.3) is 0 Å². The Bertz CT molecular complexity index is 424. The summed E-state index contributed by atoms with van der Waals surface area (Å²) in [7, 11) is 1.35. The van der Waals surface area contributed by atoms with Crippen molar-refractivity contribution in [2.45, 2.75) is 6.42 Å². The highest BCUT2D eigenvalue weighted by Gasteiger charge is 2.06. The van der Waals surface area contributed by atoms with Crippen LogP contribution in [0.1, 0.15) is 6.42 Å². The molecule has 0 radical (unpaired) electrons. The molecule has 1 aromatic rings. The van der Waals surface area contributed by atoms with Gasteiger partial charge in [0.2, 0.25) is 5.91 Å². The Labute approximate surface area is 110 Å². The molecule has 0 aliphatic rings. The van der Waals surface area contributed by atoms with Crippen molar-refractivity contribution >= 4 is 35.0 Å². The number of rotatable bonds is 6. The smallest absolute Gasteiger partial charge is 0.306 e. The molecular weight excluding hydrogens is 252 g/mol. The van der Waals surface area contributed by atoms with Crippen molar-refractivity contribution < 1.29 is 14.3 Å². The molecule has 0 fully saturated rings. The number of methoxy groups -OCH3 is 1. The first kappa shape index (κ1) is 14.4. The summed E-state index contributed by atoms with van der Waals surface area (Å²) < 4.78 is 4.50. The summed E-state index contributed by atoms with van der Waals surface area (Å²) in [5, 5.41) is 2.71. The molecule has 1 rings (SSSR count).